The van der Waals surface area contributed by atoms with E-state index in [1.165, 1.54) is 11.4 Å². The van der Waals surface area contributed by atoms with Crippen molar-refractivity contribution in [3.63, 3.8) is 0 Å². The predicted molar refractivity (Wildman–Crippen MR) is 112 cm³/mol. The average Bonchev–Trinajstić information content (AvgIpc) is 3.51. The maximum Gasteiger partial charge on any atom is 0.251 e. The number of fused-ring (bicyclic) bond motifs is 1. The van der Waals surface area contributed by atoms with E-state index in [9.17, 15) is 13.2 Å². The molecule has 6 nitrogen and oxygen atoms in total. The van der Waals surface area contributed by atoms with Gasteiger partial charge in [0.15, 0.2) is 0 Å². The van der Waals surface area contributed by atoms with Crippen LogP contribution in [0.2, 0.25) is 0 Å². The lowest BCUT2D eigenvalue weighted by atomic mass is 9.98. The molecule has 1 aliphatic heterocycles. The Bertz CT molecular complexity index is 1110. The molecule has 1 aliphatic carbocycles. The molecule has 1 fully saturated rings. The highest BCUT2D eigenvalue weighted by atomic mass is 32.2. The number of hydrogen-bond donors (Lipinski definition) is 0. The second-order valence-corrected chi connectivity index (χ2v) is 10.3. The van der Waals surface area contributed by atoms with Crippen LogP contribution in [0.15, 0.2) is 34.1 Å². The van der Waals surface area contributed by atoms with E-state index >= 15 is 0 Å². The second kappa shape index (κ2) is 7.29. The third-order valence-corrected chi connectivity index (χ3v) is 7.84. The minimum absolute atomic E-state index is 0.0179. The van der Waals surface area contributed by atoms with Gasteiger partial charge in [-0.2, -0.15) is 4.31 Å². The highest BCUT2D eigenvalue weighted by Gasteiger charge is 2.33. The predicted octanol–water partition coefficient (Wildman–Crippen LogP) is 3.37. The van der Waals surface area contributed by atoms with E-state index in [-0.39, 0.29) is 29.0 Å². The van der Waals surface area contributed by atoms with Crippen molar-refractivity contribution in [3.8, 4) is 5.75 Å². The van der Waals surface area contributed by atoms with Crippen LogP contribution in [-0.2, 0) is 23.0 Å². The fourth-order valence-electron chi connectivity index (χ4n) is 4.16. The molecular formula is C22H28N2O4S. The summed E-state index contributed by atoms with van der Waals surface area (Å²) in [7, 11) is -2.22. The van der Waals surface area contributed by atoms with E-state index in [1.54, 1.807) is 16.7 Å². The summed E-state index contributed by atoms with van der Waals surface area (Å²) in [5.74, 6) is 0.588. The molecule has 4 rings (SSSR count). The molecule has 1 aromatic carbocycles. The highest BCUT2D eigenvalue weighted by Crippen LogP contribution is 2.36. The standard InChI is InChI=1S/C22H28N2O4S/c1-14(2)19-11-21(20(28-4)9-15(19)3)29(26,27)23-8-7-16-10-22(25)24(18-5-6-18)13-17(16)12-23/h9-11,13-14,18H,5-8,12H2,1-4H3. The van der Waals surface area contributed by atoms with Gasteiger partial charge >= 0.3 is 0 Å². The van der Waals surface area contributed by atoms with Crippen LogP contribution >= 0.6 is 0 Å². The van der Waals surface area contributed by atoms with Crippen LogP contribution in [0.5, 0.6) is 5.75 Å². The first-order chi connectivity index (χ1) is 13.7. The van der Waals surface area contributed by atoms with Gasteiger partial charge in [-0.1, -0.05) is 13.8 Å². The number of ether oxygens (including phenoxy) is 1. The van der Waals surface area contributed by atoms with Crippen molar-refractivity contribution in [2.45, 2.75) is 63.4 Å². The van der Waals surface area contributed by atoms with Crippen molar-refractivity contribution in [2.75, 3.05) is 13.7 Å². The Labute approximate surface area is 172 Å². The van der Waals surface area contributed by atoms with Crippen LogP contribution < -0.4 is 10.3 Å². The molecule has 0 unspecified atom stereocenters. The Morgan fingerprint density at radius 2 is 1.86 bits per heavy atom. The zero-order valence-corrected chi connectivity index (χ0v) is 18.3. The molecule has 0 spiro atoms. The summed E-state index contributed by atoms with van der Waals surface area (Å²) in [4.78, 5) is 12.5. The van der Waals surface area contributed by atoms with Crippen molar-refractivity contribution in [2.24, 2.45) is 0 Å². The normalized spacial score (nSPS) is 17.4. The molecule has 2 aliphatic rings. The Morgan fingerprint density at radius 3 is 2.48 bits per heavy atom. The van der Waals surface area contributed by atoms with E-state index in [0.29, 0.717) is 18.7 Å². The molecule has 1 aromatic heterocycles. The van der Waals surface area contributed by atoms with Gasteiger partial charge in [-0.05, 0) is 66.5 Å². The Morgan fingerprint density at radius 1 is 1.14 bits per heavy atom. The van der Waals surface area contributed by atoms with E-state index < -0.39 is 10.0 Å². The Hall–Kier alpha value is -2.12. The van der Waals surface area contributed by atoms with Crippen molar-refractivity contribution in [3.05, 3.63) is 57.0 Å². The van der Waals surface area contributed by atoms with Crippen LogP contribution in [0.3, 0.4) is 0 Å². The Kier molecular flexibility index (Phi) is 5.07. The number of benzene rings is 1. The molecule has 0 amide bonds. The fraction of sp³-hybridized carbons (Fsp3) is 0.500. The summed E-state index contributed by atoms with van der Waals surface area (Å²) < 4.78 is 35.8. The van der Waals surface area contributed by atoms with E-state index in [4.69, 9.17) is 4.74 Å². The number of pyridine rings is 1. The molecule has 7 heteroatoms. The minimum atomic E-state index is -3.73. The van der Waals surface area contributed by atoms with Crippen molar-refractivity contribution in [1.29, 1.82) is 0 Å². The molecule has 2 aromatic rings. The molecule has 0 bridgehead atoms. The molecule has 156 valence electrons. The van der Waals surface area contributed by atoms with Gasteiger partial charge in [0, 0.05) is 31.4 Å². The number of aryl methyl sites for hydroxylation is 1. The number of sulfonamides is 1. The lowest BCUT2D eigenvalue weighted by molar-refractivity contribution is 0.376. The van der Waals surface area contributed by atoms with Crippen molar-refractivity contribution >= 4 is 10.0 Å². The van der Waals surface area contributed by atoms with Crippen molar-refractivity contribution < 1.29 is 13.2 Å². The first kappa shape index (κ1) is 20.2. The summed E-state index contributed by atoms with van der Waals surface area (Å²) in [6.07, 6.45) is 4.43. The molecule has 0 N–H and O–H groups in total. The van der Waals surface area contributed by atoms with Gasteiger partial charge in [0.1, 0.15) is 10.6 Å². The third-order valence-electron chi connectivity index (χ3n) is 5.97. The zero-order valence-electron chi connectivity index (χ0n) is 17.4. The third kappa shape index (κ3) is 3.62. The number of aromatic nitrogens is 1. The van der Waals surface area contributed by atoms with Crippen LogP contribution in [0.1, 0.15) is 60.9 Å². The monoisotopic (exact) mass is 416 g/mol. The summed E-state index contributed by atoms with van der Waals surface area (Å²) in [5.41, 5.74) is 3.92. The lowest BCUT2D eigenvalue weighted by Gasteiger charge is -2.29. The summed E-state index contributed by atoms with van der Waals surface area (Å²) in [6, 6.07) is 5.52. The second-order valence-electron chi connectivity index (χ2n) is 8.40. The fourth-order valence-corrected chi connectivity index (χ4v) is 5.75. The molecule has 0 atom stereocenters. The summed E-state index contributed by atoms with van der Waals surface area (Å²) in [5, 5.41) is 0. The van der Waals surface area contributed by atoms with Crippen LogP contribution in [0, 0.1) is 6.92 Å². The van der Waals surface area contributed by atoms with Gasteiger partial charge in [-0.25, -0.2) is 8.42 Å². The molecule has 29 heavy (non-hydrogen) atoms. The topological polar surface area (TPSA) is 68.6 Å². The SMILES string of the molecule is COc1cc(C)c(C(C)C)cc1S(=O)(=O)N1CCc2cc(=O)n(C3CC3)cc2C1. The number of hydrogen-bond acceptors (Lipinski definition) is 4. The summed E-state index contributed by atoms with van der Waals surface area (Å²) >= 11 is 0. The van der Waals surface area contributed by atoms with E-state index in [2.05, 4.69) is 13.8 Å². The van der Waals surface area contributed by atoms with Gasteiger partial charge < -0.3 is 9.30 Å². The quantitative estimate of drug-likeness (QED) is 0.749. The van der Waals surface area contributed by atoms with Gasteiger partial charge in [0.2, 0.25) is 10.0 Å². The van der Waals surface area contributed by atoms with E-state index in [1.807, 2.05) is 19.2 Å². The smallest absolute Gasteiger partial charge is 0.251 e. The number of methoxy groups -OCH3 is 1. The molecular weight excluding hydrogens is 388 g/mol. The molecule has 1 saturated carbocycles. The van der Waals surface area contributed by atoms with Crippen LogP contribution in [0.25, 0.3) is 0 Å². The number of rotatable bonds is 5. The highest BCUT2D eigenvalue weighted by molar-refractivity contribution is 7.89. The minimum Gasteiger partial charge on any atom is -0.495 e. The zero-order chi connectivity index (χ0) is 20.9. The largest absolute Gasteiger partial charge is 0.495 e. The van der Waals surface area contributed by atoms with Crippen LogP contribution in [0.4, 0.5) is 0 Å². The molecule has 2 heterocycles. The maximum atomic E-state index is 13.5. The van der Waals surface area contributed by atoms with Gasteiger partial charge in [-0.15, -0.1) is 0 Å². The first-order valence-electron chi connectivity index (χ1n) is 10.1. The molecule has 0 saturated heterocycles. The number of nitrogens with zero attached hydrogens (tertiary/aromatic N) is 2. The maximum absolute atomic E-state index is 13.5. The first-order valence-corrected chi connectivity index (χ1v) is 11.6. The Balaban J connectivity index is 1.73. The summed E-state index contributed by atoms with van der Waals surface area (Å²) in [6.45, 7) is 6.72. The van der Waals surface area contributed by atoms with Crippen molar-refractivity contribution in [1.82, 2.24) is 8.87 Å². The van der Waals surface area contributed by atoms with Gasteiger partial charge in [-0.3, -0.25) is 4.79 Å². The van der Waals surface area contributed by atoms with Gasteiger partial charge in [0.25, 0.3) is 5.56 Å². The van der Waals surface area contributed by atoms with Gasteiger partial charge in [0.05, 0.1) is 7.11 Å². The molecule has 0 radical (unpaired) electrons. The lowest BCUT2D eigenvalue weighted by Crippen LogP contribution is -2.37. The van der Waals surface area contributed by atoms with Crippen LogP contribution in [-0.4, -0.2) is 30.9 Å². The van der Waals surface area contributed by atoms with E-state index in [0.717, 1.165) is 35.1 Å². The average molecular weight is 417 g/mol.